The molecule has 0 aromatic heterocycles. The Hall–Kier alpha value is -1.11. The standard InChI is InChI=1S/C19H28O/c1-3-4-5-6-16-7-9-18(10-8-16)19-13-11-17(12-14-19)15(2)20/h11-14,16,18H,3-10H2,1-2H3. The second-order valence-electron chi connectivity index (χ2n) is 6.39. The van der Waals surface area contributed by atoms with Gasteiger partial charge in [0.15, 0.2) is 5.78 Å². The smallest absolute Gasteiger partial charge is 0.159 e. The lowest BCUT2D eigenvalue weighted by Crippen LogP contribution is -2.13. The average molecular weight is 272 g/mol. The number of carbonyl (C=O) groups is 1. The first-order chi connectivity index (χ1) is 9.70. The number of hydrogen-bond donors (Lipinski definition) is 0. The third-order valence-corrected chi connectivity index (χ3v) is 4.85. The Kier molecular flexibility index (Phi) is 5.82. The molecule has 1 heteroatoms. The first-order valence-corrected chi connectivity index (χ1v) is 8.31. The van der Waals surface area contributed by atoms with E-state index in [9.17, 15) is 4.79 Å². The molecule has 0 atom stereocenters. The van der Waals surface area contributed by atoms with Crippen molar-refractivity contribution in [3.05, 3.63) is 35.4 Å². The molecule has 1 aromatic rings. The zero-order chi connectivity index (χ0) is 14.4. The third-order valence-electron chi connectivity index (χ3n) is 4.85. The van der Waals surface area contributed by atoms with E-state index in [1.54, 1.807) is 6.92 Å². The summed E-state index contributed by atoms with van der Waals surface area (Å²) in [6.45, 7) is 3.91. The van der Waals surface area contributed by atoms with Crippen molar-refractivity contribution in [3.63, 3.8) is 0 Å². The first kappa shape index (κ1) is 15.3. The summed E-state index contributed by atoms with van der Waals surface area (Å²) in [5, 5.41) is 0. The molecule has 1 aliphatic carbocycles. The van der Waals surface area contributed by atoms with Gasteiger partial charge in [0.05, 0.1) is 0 Å². The van der Waals surface area contributed by atoms with Gasteiger partial charge >= 0.3 is 0 Å². The number of hydrogen-bond acceptors (Lipinski definition) is 1. The summed E-state index contributed by atoms with van der Waals surface area (Å²) in [5.74, 6) is 1.85. The minimum atomic E-state index is 0.163. The molecule has 0 spiro atoms. The van der Waals surface area contributed by atoms with Crippen LogP contribution < -0.4 is 0 Å². The van der Waals surface area contributed by atoms with E-state index in [0.29, 0.717) is 0 Å². The van der Waals surface area contributed by atoms with Crippen molar-refractivity contribution in [2.75, 3.05) is 0 Å². The van der Waals surface area contributed by atoms with Gasteiger partial charge in [0.2, 0.25) is 0 Å². The number of Topliss-reactive ketones (excluding diaryl/α,β-unsaturated/α-hetero) is 1. The van der Waals surface area contributed by atoms with Crippen molar-refractivity contribution in [2.45, 2.75) is 71.1 Å². The first-order valence-electron chi connectivity index (χ1n) is 8.31. The molecule has 0 aliphatic heterocycles. The molecule has 1 saturated carbocycles. The molecular weight excluding hydrogens is 244 g/mol. The maximum absolute atomic E-state index is 11.3. The molecule has 1 aromatic carbocycles. The van der Waals surface area contributed by atoms with E-state index < -0.39 is 0 Å². The van der Waals surface area contributed by atoms with Crippen LogP contribution >= 0.6 is 0 Å². The molecule has 0 heterocycles. The predicted molar refractivity (Wildman–Crippen MR) is 85.3 cm³/mol. The second kappa shape index (κ2) is 7.61. The number of rotatable bonds is 6. The third kappa shape index (κ3) is 4.19. The summed E-state index contributed by atoms with van der Waals surface area (Å²) in [5.41, 5.74) is 2.27. The van der Waals surface area contributed by atoms with Gasteiger partial charge in [-0.3, -0.25) is 4.79 Å². The summed E-state index contributed by atoms with van der Waals surface area (Å²) in [6.07, 6.45) is 11.0. The molecule has 110 valence electrons. The SMILES string of the molecule is CCCCCC1CCC(c2ccc(C(C)=O)cc2)CC1. The van der Waals surface area contributed by atoms with Crippen molar-refractivity contribution >= 4 is 5.78 Å². The molecule has 0 amide bonds. The average Bonchev–Trinajstić information content (AvgIpc) is 2.48. The summed E-state index contributed by atoms with van der Waals surface area (Å²) in [7, 11) is 0. The molecule has 20 heavy (non-hydrogen) atoms. The fourth-order valence-electron chi connectivity index (χ4n) is 3.46. The highest BCUT2D eigenvalue weighted by molar-refractivity contribution is 5.94. The highest BCUT2D eigenvalue weighted by atomic mass is 16.1. The van der Waals surface area contributed by atoms with Gasteiger partial charge in [-0.1, -0.05) is 56.9 Å². The monoisotopic (exact) mass is 272 g/mol. The fourth-order valence-corrected chi connectivity index (χ4v) is 3.46. The van der Waals surface area contributed by atoms with E-state index in [1.807, 2.05) is 12.1 Å². The van der Waals surface area contributed by atoms with Crippen molar-refractivity contribution in [3.8, 4) is 0 Å². The molecule has 2 rings (SSSR count). The number of unbranched alkanes of at least 4 members (excludes halogenated alkanes) is 2. The van der Waals surface area contributed by atoms with Crippen molar-refractivity contribution in [1.29, 1.82) is 0 Å². The predicted octanol–water partition coefficient (Wildman–Crippen LogP) is 5.74. The lowest BCUT2D eigenvalue weighted by atomic mass is 9.77. The minimum Gasteiger partial charge on any atom is -0.295 e. The van der Waals surface area contributed by atoms with Gasteiger partial charge in [0.25, 0.3) is 0 Å². The van der Waals surface area contributed by atoms with Crippen LogP contribution in [0, 0.1) is 5.92 Å². The summed E-state index contributed by atoms with van der Waals surface area (Å²) < 4.78 is 0. The van der Waals surface area contributed by atoms with Crippen molar-refractivity contribution in [1.82, 2.24) is 0 Å². The molecule has 0 unspecified atom stereocenters. The van der Waals surface area contributed by atoms with E-state index in [-0.39, 0.29) is 5.78 Å². The minimum absolute atomic E-state index is 0.163. The van der Waals surface area contributed by atoms with E-state index in [0.717, 1.165) is 17.4 Å². The Morgan fingerprint density at radius 1 is 1.05 bits per heavy atom. The number of ketones is 1. The Balaban J connectivity index is 1.82. The maximum Gasteiger partial charge on any atom is 0.159 e. The second-order valence-corrected chi connectivity index (χ2v) is 6.39. The van der Waals surface area contributed by atoms with E-state index in [2.05, 4.69) is 19.1 Å². The lowest BCUT2D eigenvalue weighted by molar-refractivity contribution is 0.101. The van der Waals surface area contributed by atoms with Crippen LogP contribution in [-0.2, 0) is 0 Å². The molecule has 0 saturated heterocycles. The van der Waals surface area contributed by atoms with Crippen LogP contribution in [0.4, 0.5) is 0 Å². The summed E-state index contributed by atoms with van der Waals surface area (Å²) in [6, 6.07) is 8.31. The Bertz CT molecular complexity index is 410. The van der Waals surface area contributed by atoms with Gasteiger partial charge in [-0.2, -0.15) is 0 Å². The fraction of sp³-hybridized carbons (Fsp3) is 0.632. The Labute approximate surface area is 123 Å². The van der Waals surface area contributed by atoms with Crippen LogP contribution in [0.2, 0.25) is 0 Å². The Morgan fingerprint density at radius 3 is 2.25 bits per heavy atom. The molecule has 0 N–H and O–H groups in total. The van der Waals surface area contributed by atoms with Gasteiger partial charge < -0.3 is 0 Å². The highest BCUT2D eigenvalue weighted by Gasteiger charge is 2.21. The Morgan fingerprint density at radius 2 is 1.70 bits per heavy atom. The zero-order valence-electron chi connectivity index (χ0n) is 13.0. The van der Waals surface area contributed by atoms with Crippen LogP contribution in [0.5, 0.6) is 0 Å². The molecule has 0 radical (unpaired) electrons. The quantitative estimate of drug-likeness (QED) is 0.476. The molecule has 1 fully saturated rings. The van der Waals surface area contributed by atoms with Crippen LogP contribution in [-0.4, -0.2) is 5.78 Å². The summed E-state index contributed by atoms with van der Waals surface area (Å²) in [4.78, 5) is 11.3. The van der Waals surface area contributed by atoms with E-state index in [1.165, 1.54) is 56.9 Å². The van der Waals surface area contributed by atoms with E-state index in [4.69, 9.17) is 0 Å². The van der Waals surface area contributed by atoms with Gasteiger partial charge in [-0.15, -0.1) is 0 Å². The van der Waals surface area contributed by atoms with Crippen LogP contribution in [0.25, 0.3) is 0 Å². The van der Waals surface area contributed by atoms with Gasteiger partial charge in [-0.25, -0.2) is 0 Å². The molecule has 0 bridgehead atoms. The van der Waals surface area contributed by atoms with Crippen LogP contribution in [0.15, 0.2) is 24.3 Å². The number of benzene rings is 1. The summed E-state index contributed by atoms with van der Waals surface area (Å²) >= 11 is 0. The van der Waals surface area contributed by atoms with Crippen molar-refractivity contribution < 1.29 is 4.79 Å². The molecular formula is C19H28O. The molecule has 1 nitrogen and oxygen atoms in total. The maximum atomic E-state index is 11.3. The van der Waals surface area contributed by atoms with Crippen LogP contribution in [0.1, 0.15) is 87.1 Å². The van der Waals surface area contributed by atoms with E-state index >= 15 is 0 Å². The van der Waals surface area contributed by atoms with Gasteiger partial charge in [0.1, 0.15) is 0 Å². The topological polar surface area (TPSA) is 17.1 Å². The lowest BCUT2D eigenvalue weighted by Gasteiger charge is -2.29. The van der Waals surface area contributed by atoms with Crippen molar-refractivity contribution in [2.24, 2.45) is 5.92 Å². The number of carbonyl (C=O) groups excluding carboxylic acids is 1. The largest absolute Gasteiger partial charge is 0.295 e. The van der Waals surface area contributed by atoms with Gasteiger partial charge in [-0.05, 0) is 50.0 Å². The molecule has 1 aliphatic rings. The highest BCUT2D eigenvalue weighted by Crippen LogP contribution is 2.37. The van der Waals surface area contributed by atoms with Gasteiger partial charge in [0, 0.05) is 5.56 Å². The normalized spacial score (nSPS) is 22.7. The van der Waals surface area contributed by atoms with Crippen LogP contribution in [0.3, 0.4) is 0 Å². The zero-order valence-corrected chi connectivity index (χ0v) is 13.0.